The Morgan fingerprint density at radius 1 is 1.00 bits per heavy atom. The van der Waals surface area contributed by atoms with Gasteiger partial charge in [0.15, 0.2) is 0 Å². The lowest BCUT2D eigenvalue weighted by atomic mass is 10.0. The predicted octanol–water partition coefficient (Wildman–Crippen LogP) is -1.63. The Hall–Kier alpha value is -3.03. The maximum Gasteiger partial charge on any atom is 0.326 e. The minimum absolute atomic E-state index is 0.0202. The summed E-state index contributed by atoms with van der Waals surface area (Å²) < 4.78 is 0. The summed E-state index contributed by atoms with van der Waals surface area (Å²) in [6, 6.07) is -4.55. The van der Waals surface area contributed by atoms with E-state index in [0.717, 1.165) is 0 Å². The third-order valence-corrected chi connectivity index (χ3v) is 5.34. The first kappa shape index (κ1) is 30.0. The molecule has 13 heteroatoms. The van der Waals surface area contributed by atoms with Gasteiger partial charge in [0.1, 0.15) is 24.2 Å². The molecule has 10 N–H and O–H groups in total. The Labute approximate surface area is 204 Å². The lowest BCUT2D eigenvalue weighted by Gasteiger charge is -2.26. The average Bonchev–Trinajstić information content (AvgIpc) is 3.29. The molecule has 1 heterocycles. The lowest BCUT2D eigenvalue weighted by Crippen LogP contribution is -2.58. The summed E-state index contributed by atoms with van der Waals surface area (Å²) in [5.41, 5.74) is 11.8. The number of aromatic nitrogens is 2. The molecule has 0 aliphatic carbocycles. The number of hydrogen-bond acceptors (Lipinski definition) is 8. The van der Waals surface area contributed by atoms with Gasteiger partial charge >= 0.3 is 5.97 Å². The molecule has 0 spiro atoms. The van der Waals surface area contributed by atoms with Crippen molar-refractivity contribution in [3.8, 4) is 0 Å². The number of nitrogens with two attached hydrogens (primary N) is 2. The van der Waals surface area contributed by atoms with E-state index in [9.17, 15) is 29.4 Å². The molecule has 13 nitrogen and oxygen atoms in total. The standard InChI is InChI=1S/C22H39N7O6/c1-12(2)8-17(22(34)35)29-19(31)15(6-4-5-7-23)27-20(32)16(9-14-10-25-11-26-14)28-21(33)18(24)13(3)30/h10-13,15-18,30H,4-9,23-24H2,1-3H3,(H,25,26)(H,27,32)(H,28,33)(H,29,31)(H,34,35). The van der Waals surface area contributed by atoms with Gasteiger partial charge in [-0.25, -0.2) is 9.78 Å². The number of aliphatic hydroxyl groups excluding tert-OH is 1. The van der Waals surface area contributed by atoms with Crippen LogP contribution in [0.4, 0.5) is 0 Å². The average molecular weight is 498 g/mol. The predicted molar refractivity (Wildman–Crippen MR) is 128 cm³/mol. The molecular weight excluding hydrogens is 458 g/mol. The largest absolute Gasteiger partial charge is 0.480 e. The molecule has 0 fully saturated rings. The summed E-state index contributed by atoms with van der Waals surface area (Å²) in [7, 11) is 0. The van der Waals surface area contributed by atoms with Gasteiger partial charge in [-0.3, -0.25) is 14.4 Å². The molecule has 0 radical (unpaired) electrons. The lowest BCUT2D eigenvalue weighted by molar-refractivity contribution is -0.143. The maximum absolute atomic E-state index is 13.2. The molecule has 3 amide bonds. The molecule has 0 saturated heterocycles. The van der Waals surface area contributed by atoms with Gasteiger partial charge in [-0.15, -0.1) is 0 Å². The zero-order valence-electron chi connectivity index (χ0n) is 20.5. The highest BCUT2D eigenvalue weighted by molar-refractivity contribution is 5.94. The van der Waals surface area contributed by atoms with E-state index >= 15 is 0 Å². The van der Waals surface area contributed by atoms with E-state index in [1.807, 2.05) is 13.8 Å². The van der Waals surface area contributed by atoms with E-state index in [-0.39, 0.29) is 25.2 Å². The van der Waals surface area contributed by atoms with E-state index < -0.39 is 54.0 Å². The first-order valence-corrected chi connectivity index (χ1v) is 11.7. The number of carboxylic acid groups (broad SMARTS) is 1. The summed E-state index contributed by atoms with van der Waals surface area (Å²) in [6.45, 7) is 5.41. The van der Waals surface area contributed by atoms with E-state index in [2.05, 4.69) is 25.9 Å². The van der Waals surface area contributed by atoms with Crippen molar-refractivity contribution in [1.29, 1.82) is 0 Å². The number of H-pyrrole nitrogens is 1. The summed E-state index contributed by atoms with van der Waals surface area (Å²) in [4.78, 5) is 56.9. The Kier molecular flexibility index (Phi) is 12.9. The molecule has 5 unspecified atom stereocenters. The fraction of sp³-hybridized carbons (Fsp3) is 0.682. The number of rotatable bonds is 16. The molecule has 1 rings (SSSR count). The molecule has 198 valence electrons. The molecule has 0 aromatic carbocycles. The molecule has 35 heavy (non-hydrogen) atoms. The van der Waals surface area contributed by atoms with E-state index in [1.165, 1.54) is 19.4 Å². The molecule has 0 saturated carbocycles. The van der Waals surface area contributed by atoms with Gasteiger partial charge in [0.25, 0.3) is 0 Å². The van der Waals surface area contributed by atoms with Crippen molar-refractivity contribution in [3.05, 3.63) is 18.2 Å². The van der Waals surface area contributed by atoms with Crippen LogP contribution >= 0.6 is 0 Å². The second-order valence-electron chi connectivity index (χ2n) is 8.98. The van der Waals surface area contributed by atoms with Gasteiger partial charge < -0.3 is 42.6 Å². The molecule has 5 atom stereocenters. The second-order valence-corrected chi connectivity index (χ2v) is 8.98. The van der Waals surface area contributed by atoms with Gasteiger partial charge in [0, 0.05) is 18.3 Å². The van der Waals surface area contributed by atoms with Crippen LogP contribution in [-0.2, 0) is 25.6 Å². The highest BCUT2D eigenvalue weighted by Gasteiger charge is 2.31. The summed E-state index contributed by atoms with van der Waals surface area (Å²) in [6.07, 6.45) is 3.34. The van der Waals surface area contributed by atoms with E-state index in [4.69, 9.17) is 11.5 Å². The van der Waals surface area contributed by atoms with Crippen LogP contribution in [0.1, 0.15) is 52.1 Å². The highest BCUT2D eigenvalue weighted by atomic mass is 16.4. The van der Waals surface area contributed by atoms with Crippen molar-refractivity contribution in [3.63, 3.8) is 0 Å². The number of imidazole rings is 1. The van der Waals surface area contributed by atoms with Crippen LogP contribution in [0, 0.1) is 5.92 Å². The fourth-order valence-electron chi connectivity index (χ4n) is 3.31. The van der Waals surface area contributed by atoms with Crippen LogP contribution in [0.15, 0.2) is 12.5 Å². The zero-order valence-corrected chi connectivity index (χ0v) is 20.5. The quantitative estimate of drug-likeness (QED) is 0.123. The first-order valence-electron chi connectivity index (χ1n) is 11.7. The topological polar surface area (TPSA) is 226 Å². The number of hydrogen-bond donors (Lipinski definition) is 8. The number of carbonyl (C=O) groups excluding carboxylic acids is 3. The number of carbonyl (C=O) groups is 4. The molecule has 0 bridgehead atoms. The van der Waals surface area contributed by atoms with Crippen molar-refractivity contribution < 1.29 is 29.4 Å². The smallest absolute Gasteiger partial charge is 0.326 e. The van der Waals surface area contributed by atoms with Crippen LogP contribution in [0.25, 0.3) is 0 Å². The minimum Gasteiger partial charge on any atom is -0.480 e. The van der Waals surface area contributed by atoms with Crippen LogP contribution in [-0.4, -0.2) is 80.7 Å². The summed E-state index contributed by atoms with van der Waals surface area (Å²) in [5.74, 6) is -3.21. The van der Waals surface area contributed by atoms with Gasteiger partial charge in [0.05, 0.1) is 12.4 Å². The minimum atomic E-state index is -1.26. The number of carboxylic acids is 1. The monoisotopic (exact) mass is 497 g/mol. The highest BCUT2D eigenvalue weighted by Crippen LogP contribution is 2.08. The molecule has 0 aliphatic rings. The van der Waals surface area contributed by atoms with Crippen LogP contribution < -0.4 is 27.4 Å². The molecule has 0 aliphatic heterocycles. The van der Waals surface area contributed by atoms with Crippen LogP contribution in [0.3, 0.4) is 0 Å². The third-order valence-electron chi connectivity index (χ3n) is 5.34. The van der Waals surface area contributed by atoms with Gasteiger partial charge in [-0.2, -0.15) is 0 Å². The van der Waals surface area contributed by atoms with Crippen molar-refractivity contribution in [2.24, 2.45) is 17.4 Å². The van der Waals surface area contributed by atoms with Crippen molar-refractivity contribution in [2.45, 2.75) is 83.1 Å². The number of unbranched alkanes of at least 4 members (excludes halogenated alkanes) is 1. The van der Waals surface area contributed by atoms with Gasteiger partial charge in [-0.05, 0) is 45.1 Å². The molecule has 1 aromatic rings. The van der Waals surface area contributed by atoms with Crippen molar-refractivity contribution >= 4 is 23.7 Å². The third kappa shape index (κ3) is 10.8. The summed E-state index contributed by atoms with van der Waals surface area (Å²) >= 11 is 0. The van der Waals surface area contributed by atoms with E-state index in [0.29, 0.717) is 25.1 Å². The Morgan fingerprint density at radius 3 is 2.11 bits per heavy atom. The first-order chi connectivity index (χ1) is 16.5. The zero-order chi connectivity index (χ0) is 26.5. The number of nitrogens with one attached hydrogen (secondary N) is 4. The number of nitrogens with zero attached hydrogens (tertiary/aromatic N) is 1. The number of aliphatic carboxylic acids is 1. The number of aromatic amines is 1. The molecular formula is C22H39N7O6. The Balaban J connectivity index is 3.05. The maximum atomic E-state index is 13.2. The SMILES string of the molecule is CC(C)CC(NC(=O)C(CCCCN)NC(=O)C(Cc1cnc[nH]1)NC(=O)C(N)C(C)O)C(=O)O. The number of aliphatic hydroxyl groups is 1. The van der Waals surface area contributed by atoms with Crippen LogP contribution in [0.2, 0.25) is 0 Å². The van der Waals surface area contributed by atoms with E-state index in [1.54, 1.807) is 0 Å². The Bertz CT molecular complexity index is 815. The normalized spacial score (nSPS) is 15.5. The summed E-state index contributed by atoms with van der Waals surface area (Å²) in [5, 5.41) is 26.7. The van der Waals surface area contributed by atoms with Crippen molar-refractivity contribution in [1.82, 2.24) is 25.9 Å². The van der Waals surface area contributed by atoms with Gasteiger partial charge in [-0.1, -0.05) is 13.8 Å². The number of amides is 3. The second kappa shape index (κ2) is 15.1. The molecule has 1 aromatic heterocycles. The fourth-order valence-corrected chi connectivity index (χ4v) is 3.31. The van der Waals surface area contributed by atoms with Gasteiger partial charge in [0.2, 0.25) is 17.7 Å². The van der Waals surface area contributed by atoms with Crippen molar-refractivity contribution in [2.75, 3.05) is 6.54 Å². The van der Waals surface area contributed by atoms with Crippen LogP contribution in [0.5, 0.6) is 0 Å². The Morgan fingerprint density at radius 2 is 1.60 bits per heavy atom.